The summed E-state index contributed by atoms with van der Waals surface area (Å²) in [6.45, 7) is 8.56. The highest BCUT2D eigenvalue weighted by Crippen LogP contribution is 2.45. The molecule has 1 fully saturated rings. The first kappa shape index (κ1) is 9.88. The molecule has 0 radical (unpaired) electrons. The van der Waals surface area contributed by atoms with Crippen molar-refractivity contribution < 1.29 is 0 Å². The molecule has 0 saturated carbocycles. The zero-order chi connectivity index (χ0) is 9.41. The van der Waals surface area contributed by atoms with Crippen LogP contribution in [0.5, 0.6) is 0 Å². The van der Waals surface area contributed by atoms with Gasteiger partial charge in [-0.2, -0.15) is 5.26 Å². The molecule has 0 bridgehead atoms. The van der Waals surface area contributed by atoms with Crippen molar-refractivity contribution in [2.75, 3.05) is 0 Å². The molecule has 0 aromatic rings. The largest absolute Gasteiger partial charge is 0.287 e. The van der Waals surface area contributed by atoms with Gasteiger partial charge in [0.2, 0.25) is 0 Å². The molecule has 0 aliphatic carbocycles. The lowest BCUT2D eigenvalue weighted by Crippen LogP contribution is -2.40. The van der Waals surface area contributed by atoms with Crippen LogP contribution in [0.25, 0.3) is 0 Å². The Hall–Kier alpha value is -0.200. The van der Waals surface area contributed by atoms with Crippen molar-refractivity contribution >= 4 is 11.8 Å². The van der Waals surface area contributed by atoms with Gasteiger partial charge in [0.15, 0.2) is 0 Å². The Morgan fingerprint density at radius 3 is 2.33 bits per heavy atom. The summed E-state index contributed by atoms with van der Waals surface area (Å²) in [5.74, 6) is 0. The van der Waals surface area contributed by atoms with Gasteiger partial charge in [0, 0.05) is 4.75 Å². The molecule has 1 aliphatic heterocycles. The molecule has 1 heterocycles. The molecule has 0 amide bonds. The third-order valence-electron chi connectivity index (χ3n) is 2.44. The predicted molar refractivity (Wildman–Crippen MR) is 52.9 cm³/mol. The fourth-order valence-corrected chi connectivity index (χ4v) is 3.22. The number of thioether (sulfide) groups is 1. The van der Waals surface area contributed by atoms with Crippen LogP contribution >= 0.6 is 11.8 Å². The van der Waals surface area contributed by atoms with Gasteiger partial charge < -0.3 is 0 Å². The maximum absolute atomic E-state index is 8.90. The molecule has 12 heavy (non-hydrogen) atoms. The molecule has 1 aliphatic rings. The van der Waals surface area contributed by atoms with E-state index in [4.69, 9.17) is 5.26 Å². The van der Waals surface area contributed by atoms with Crippen LogP contribution in [0.3, 0.4) is 0 Å². The van der Waals surface area contributed by atoms with Crippen molar-refractivity contribution in [3.63, 3.8) is 0 Å². The van der Waals surface area contributed by atoms with E-state index in [-0.39, 0.29) is 15.7 Å². The predicted octanol–water partition coefficient (Wildman–Crippen LogP) is 2.12. The van der Waals surface area contributed by atoms with Gasteiger partial charge in [0.25, 0.3) is 0 Å². The van der Waals surface area contributed by atoms with Crippen LogP contribution in [-0.4, -0.2) is 15.7 Å². The Kier molecular flexibility index (Phi) is 2.42. The molecule has 0 aromatic heterocycles. The van der Waals surface area contributed by atoms with Crippen LogP contribution in [0.2, 0.25) is 0 Å². The smallest absolute Gasteiger partial charge is 0.111 e. The number of hydrogen-bond donors (Lipinski definition) is 1. The van der Waals surface area contributed by atoms with Gasteiger partial charge in [0.1, 0.15) is 6.04 Å². The summed E-state index contributed by atoms with van der Waals surface area (Å²) in [6, 6.07) is 2.29. The van der Waals surface area contributed by atoms with Gasteiger partial charge in [-0.05, 0) is 27.2 Å². The highest BCUT2D eigenvalue weighted by molar-refractivity contribution is 8.02. The molecule has 0 aromatic carbocycles. The molecule has 68 valence electrons. The first-order valence-corrected chi connectivity index (χ1v) is 5.13. The standard InChI is InChI=1S/C9H16N2S/c1-5-9(4)11-7(6-10)8(2,3)12-9/h7,11H,5H2,1-4H3. The molecular weight excluding hydrogens is 168 g/mol. The fraction of sp³-hybridized carbons (Fsp3) is 0.889. The zero-order valence-electron chi connectivity index (χ0n) is 8.14. The summed E-state index contributed by atoms with van der Waals surface area (Å²) in [5.41, 5.74) is 0. The SMILES string of the molecule is CCC1(C)NC(C#N)C(C)(C)S1. The summed E-state index contributed by atoms with van der Waals surface area (Å²) in [7, 11) is 0. The Labute approximate surface area is 78.7 Å². The summed E-state index contributed by atoms with van der Waals surface area (Å²) < 4.78 is 0.0412. The van der Waals surface area contributed by atoms with Gasteiger partial charge in [-0.15, -0.1) is 11.8 Å². The number of hydrogen-bond acceptors (Lipinski definition) is 3. The van der Waals surface area contributed by atoms with Crippen molar-refractivity contribution in [2.45, 2.75) is 49.8 Å². The highest BCUT2D eigenvalue weighted by atomic mass is 32.2. The molecule has 0 spiro atoms. The normalized spacial score (nSPS) is 39.4. The van der Waals surface area contributed by atoms with Crippen LogP contribution in [0.1, 0.15) is 34.1 Å². The van der Waals surface area contributed by atoms with Crippen molar-refractivity contribution in [1.82, 2.24) is 5.32 Å². The van der Waals surface area contributed by atoms with Crippen LogP contribution in [0, 0.1) is 11.3 Å². The third kappa shape index (κ3) is 1.60. The lowest BCUT2D eigenvalue weighted by atomic mass is 10.0. The van der Waals surface area contributed by atoms with E-state index < -0.39 is 0 Å². The summed E-state index contributed by atoms with van der Waals surface area (Å²) in [5, 5.41) is 12.3. The van der Waals surface area contributed by atoms with Crippen molar-refractivity contribution in [3.05, 3.63) is 0 Å². The topological polar surface area (TPSA) is 35.8 Å². The molecule has 1 saturated heterocycles. The van der Waals surface area contributed by atoms with E-state index in [1.807, 2.05) is 11.8 Å². The van der Waals surface area contributed by atoms with Gasteiger partial charge >= 0.3 is 0 Å². The molecule has 2 atom stereocenters. The quantitative estimate of drug-likeness (QED) is 0.678. The average molecular weight is 184 g/mol. The van der Waals surface area contributed by atoms with Crippen molar-refractivity contribution in [2.24, 2.45) is 0 Å². The summed E-state index contributed by atoms with van der Waals surface area (Å²) >= 11 is 1.87. The lowest BCUT2D eigenvalue weighted by Gasteiger charge is -2.23. The fourth-order valence-electron chi connectivity index (χ4n) is 1.51. The molecular formula is C9H16N2S. The number of nitrogens with one attached hydrogen (secondary N) is 1. The zero-order valence-corrected chi connectivity index (χ0v) is 8.96. The van der Waals surface area contributed by atoms with Crippen LogP contribution < -0.4 is 5.32 Å². The monoisotopic (exact) mass is 184 g/mol. The number of nitriles is 1. The van der Waals surface area contributed by atoms with E-state index in [0.29, 0.717) is 0 Å². The Morgan fingerprint density at radius 1 is 1.50 bits per heavy atom. The minimum absolute atomic E-state index is 0.0209. The van der Waals surface area contributed by atoms with Gasteiger partial charge in [-0.3, -0.25) is 5.32 Å². The lowest BCUT2D eigenvalue weighted by molar-refractivity contribution is 0.455. The second-order valence-corrected chi connectivity index (χ2v) is 6.15. The summed E-state index contributed by atoms with van der Waals surface area (Å²) in [4.78, 5) is 0.0872. The number of nitrogens with zero attached hydrogens (tertiary/aromatic N) is 1. The first-order valence-electron chi connectivity index (χ1n) is 4.31. The van der Waals surface area contributed by atoms with E-state index in [1.54, 1.807) is 0 Å². The maximum Gasteiger partial charge on any atom is 0.111 e. The molecule has 1 N–H and O–H groups in total. The Morgan fingerprint density at radius 2 is 2.08 bits per heavy atom. The van der Waals surface area contributed by atoms with E-state index in [9.17, 15) is 0 Å². The molecule has 3 heteroatoms. The minimum atomic E-state index is -0.0209. The average Bonchev–Trinajstić information content (AvgIpc) is 2.22. The van der Waals surface area contributed by atoms with Crippen LogP contribution in [-0.2, 0) is 0 Å². The molecule has 1 rings (SSSR count). The van der Waals surface area contributed by atoms with Gasteiger partial charge in [0.05, 0.1) is 10.9 Å². The third-order valence-corrected chi connectivity index (χ3v) is 4.06. The Bertz CT molecular complexity index is 219. The van der Waals surface area contributed by atoms with Crippen molar-refractivity contribution in [1.29, 1.82) is 5.26 Å². The van der Waals surface area contributed by atoms with E-state index in [1.165, 1.54) is 0 Å². The second-order valence-electron chi connectivity index (χ2n) is 4.00. The van der Waals surface area contributed by atoms with Gasteiger partial charge in [-0.1, -0.05) is 6.92 Å². The number of rotatable bonds is 1. The second kappa shape index (κ2) is 2.93. The highest BCUT2D eigenvalue weighted by Gasteiger charge is 2.46. The van der Waals surface area contributed by atoms with E-state index in [0.717, 1.165) is 6.42 Å². The minimum Gasteiger partial charge on any atom is -0.287 e. The molecule has 2 unspecified atom stereocenters. The van der Waals surface area contributed by atoms with Gasteiger partial charge in [-0.25, -0.2) is 0 Å². The maximum atomic E-state index is 8.90. The first-order chi connectivity index (χ1) is 5.43. The van der Waals surface area contributed by atoms with Crippen LogP contribution in [0.4, 0.5) is 0 Å². The Balaban J connectivity index is 2.81. The molecule has 2 nitrogen and oxygen atoms in total. The van der Waals surface area contributed by atoms with E-state index >= 15 is 0 Å². The van der Waals surface area contributed by atoms with Crippen molar-refractivity contribution in [3.8, 4) is 6.07 Å². The van der Waals surface area contributed by atoms with E-state index in [2.05, 4.69) is 39.1 Å². The summed E-state index contributed by atoms with van der Waals surface area (Å²) in [6.07, 6.45) is 1.05. The van der Waals surface area contributed by atoms with Crippen LogP contribution in [0.15, 0.2) is 0 Å².